The molecule has 11 heteroatoms. The third-order valence-electron chi connectivity index (χ3n) is 6.46. The second kappa shape index (κ2) is 11.5. The molecule has 3 aromatic rings. The number of hydrogen-bond acceptors (Lipinski definition) is 4. The number of nitrogens with zero attached hydrogens (tertiary/aromatic N) is 3. The van der Waals surface area contributed by atoms with Crippen LogP contribution in [0.15, 0.2) is 66.8 Å². The minimum atomic E-state index is -4.60. The number of carbonyl (C=O) groups is 1. The van der Waals surface area contributed by atoms with Gasteiger partial charge in [-0.3, -0.25) is 4.79 Å². The average molecular weight is 578 g/mol. The van der Waals surface area contributed by atoms with Gasteiger partial charge in [-0.25, -0.2) is 4.68 Å². The third kappa shape index (κ3) is 6.16. The van der Waals surface area contributed by atoms with Gasteiger partial charge in [0.2, 0.25) is 0 Å². The fraction of sp³-hybridized carbons (Fsp3) is 0.286. The molecule has 1 fully saturated rings. The molecule has 1 unspecified atom stereocenters. The normalized spacial score (nSPS) is 17.7. The molecule has 2 aromatic carbocycles. The molecule has 1 aromatic heterocycles. The number of hydrogen-bond donors (Lipinski definition) is 0. The standard InChI is InChI=1S/C28H24Cl2F3N3O3/c29-23-3-1-2-4-25(23)36-20(16-26(34-36)28(31,32)33)17-39-21-8-5-18(6-9-21)19-7-10-22(24(30)15-19)27(37)35-11-13-38-14-12-35/h1-2,4-10,15-16,23H,3,11-14,17H2. The predicted molar refractivity (Wildman–Crippen MR) is 143 cm³/mol. The number of ether oxygens (including phenoxy) is 2. The Morgan fingerprint density at radius 1 is 1.08 bits per heavy atom. The molecule has 1 amide bonds. The van der Waals surface area contributed by atoms with E-state index >= 15 is 0 Å². The molecule has 0 spiro atoms. The number of carbonyl (C=O) groups excluding carboxylic acids is 1. The topological polar surface area (TPSA) is 56.6 Å². The van der Waals surface area contributed by atoms with E-state index in [1.54, 1.807) is 41.3 Å². The summed E-state index contributed by atoms with van der Waals surface area (Å²) >= 11 is 12.8. The van der Waals surface area contributed by atoms with Crippen LogP contribution in [0.3, 0.4) is 0 Å². The van der Waals surface area contributed by atoms with Crippen LogP contribution >= 0.6 is 23.2 Å². The largest absolute Gasteiger partial charge is 0.487 e. The van der Waals surface area contributed by atoms with E-state index in [1.165, 1.54) is 4.68 Å². The van der Waals surface area contributed by atoms with Crippen molar-refractivity contribution in [2.24, 2.45) is 0 Å². The predicted octanol–water partition coefficient (Wildman–Crippen LogP) is 6.68. The first-order valence-electron chi connectivity index (χ1n) is 12.3. The molecule has 1 aliphatic carbocycles. The Morgan fingerprint density at radius 2 is 1.79 bits per heavy atom. The Labute approximate surface area is 233 Å². The highest BCUT2D eigenvalue weighted by Gasteiger charge is 2.36. The zero-order valence-electron chi connectivity index (χ0n) is 20.6. The summed E-state index contributed by atoms with van der Waals surface area (Å²) in [6, 6.07) is 13.3. The van der Waals surface area contributed by atoms with Crippen LogP contribution < -0.4 is 4.74 Å². The summed E-state index contributed by atoms with van der Waals surface area (Å²) < 4.78 is 52.5. The Bertz CT molecular complexity index is 1410. The maximum absolute atomic E-state index is 13.4. The highest BCUT2D eigenvalue weighted by atomic mass is 35.5. The van der Waals surface area contributed by atoms with E-state index in [4.69, 9.17) is 32.7 Å². The minimum absolute atomic E-state index is 0.132. The summed E-state index contributed by atoms with van der Waals surface area (Å²) in [7, 11) is 0. The fourth-order valence-corrected chi connectivity index (χ4v) is 4.91. The Hall–Kier alpha value is -3.27. The van der Waals surface area contributed by atoms with E-state index in [2.05, 4.69) is 5.10 Å². The number of alkyl halides is 4. The maximum atomic E-state index is 13.4. The second-order valence-electron chi connectivity index (χ2n) is 9.07. The summed E-state index contributed by atoms with van der Waals surface area (Å²) in [6.45, 7) is 1.92. The number of halogens is 5. The monoisotopic (exact) mass is 577 g/mol. The van der Waals surface area contributed by atoms with Gasteiger partial charge >= 0.3 is 6.18 Å². The second-order valence-corrected chi connectivity index (χ2v) is 10.00. The van der Waals surface area contributed by atoms with Crippen LogP contribution in [0.1, 0.15) is 28.2 Å². The van der Waals surface area contributed by atoms with Crippen molar-refractivity contribution in [3.8, 4) is 16.9 Å². The molecule has 0 bridgehead atoms. The highest BCUT2D eigenvalue weighted by molar-refractivity contribution is 6.34. The maximum Gasteiger partial charge on any atom is 0.435 e. The van der Waals surface area contributed by atoms with Gasteiger partial charge in [-0.1, -0.05) is 42.0 Å². The molecule has 5 rings (SSSR count). The quantitative estimate of drug-likeness (QED) is 0.306. The van der Waals surface area contributed by atoms with Gasteiger partial charge in [-0.15, -0.1) is 11.6 Å². The molecule has 0 radical (unpaired) electrons. The van der Waals surface area contributed by atoms with Crippen LogP contribution in [0, 0.1) is 0 Å². The lowest BCUT2D eigenvalue weighted by atomic mass is 10.0. The molecule has 1 aliphatic heterocycles. The van der Waals surface area contributed by atoms with Crippen molar-refractivity contribution >= 4 is 34.8 Å². The van der Waals surface area contributed by atoms with Gasteiger partial charge in [0.25, 0.3) is 5.91 Å². The summed E-state index contributed by atoms with van der Waals surface area (Å²) in [5.41, 5.74) is 1.75. The number of amides is 1. The van der Waals surface area contributed by atoms with Gasteiger partial charge in [0.1, 0.15) is 12.4 Å². The zero-order chi connectivity index (χ0) is 27.6. The Kier molecular flexibility index (Phi) is 8.02. The SMILES string of the molecule is O=C(c1ccc(-c2ccc(OCc3cc(C(F)(F)F)nn3C3=CC=CCC3Cl)cc2)cc1Cl)N1CCOCC1. The van der Waals surface area contributed by atoms with Crippen molar-refractivity contribution in [1.29, 1.82) is 0 Å². The molecule has 6 nitrogen and oxygen atoms in total. The van der Waals surface area contributed by atoms with Gasteiger partial charge < -0.3 is 14.4 Å². The van der Waals surface area contributed by atoms with Gasteiger partial charge in [0.05, 0.1) is 40.6 Å². The number of morpholine rings is 1. The lowest BCUT2D eigenvalue weighted by molar-refractivity contribution is -0.141. The molecule has 1 atom stereocenters. The van der Waals surface area contributed by atoms with Crippen molar-refractivity contribution in [2.45, 2.75) is 24.6 Å². The van der Waals surface area contributed by atoms with Gasteiger partial charge in [0.15, 0.2) is 5.69 Å². The van der Waals surface area contributed by atoms with E-state index in [9.17, 15) is 18.0 Å². The van der Waals surface area contributed by atoms with Gasteiger partial charge in [-0.05, 0) is 54.0 Å². The molecule has 2 heterocycles. The Balaban J connectivity index is 1.30. The van der Waals surface area contributed by atoms with Crippen LogP contribution in [0.5, 0.6) is 5.75 Å². The number of benzene rings is 2. The van der Waals surface area contributed by atoms with Crippen LogP contribution in [-0.2, 0) is 17.5 Å². The molecule has 0 N–H and O–H groups in total. The fourth-order valence-electron chi connectivity index (χ4n) is 4.38. The molecule has 2 aliphatic rings. The molecular formula is C28H24Cl2F3N3O3. The number of allylic oxidation sites excluding steroid dienone is 4. The van der Waals surface area contributed by atoms with Crippen LogP contribution in [0.2, 0.25) is 5.02 Å². The molecule has 204 valence electrons. The molecular weight excluding hydrogens is 554 g/mol. The first-order valence-corrected chi connectivity index (χ1v) is 13.1. The van der Waals surface area contributed by atoms with E-state index < -0.39 is 17.2 Å². The van der Waals surface area contributed by atoms with Crippen LogP contribution in [0.25, 0.3) is 16.8 Å². The van der Waals surface area contributed by atoms with Crippen molar-refractivity contribution in [2.75, 3.05) is 26.3 Å². The van der Waals surface area contributed by atoms with Gasteiger partial charge in [0, 0.05) is 13.1 Å². The minimum Gasteiger partial charge on any atom is -0.487 e. The summed E-state index contributed by atoms with van der Waals surface area (Å²) in [6.07, 6.45) is 1.12. The van der Waals surface area contributed by atoms with Crippen LogP contribution in [-0.4, -0.2) is 52.3 Å². The zero-order valence-corrected chi connectivity index (χ0v) is 22.1. The third-order valence-corrected chi connectivity index (χ3v) is 7.17. The average Bonchev–Trinajstić information content (AvgIpc) is 3.37. The molecule has 0 saturated carbocycles. The van der Waals surface area contributed by atoms with E-state index in [-0.39, 0.29) is 18.2 Å². The smallest absolute Gasteiger partial charge is 0.435 e. The lowest BCUT2D eigenvalue weighted by Crippen LogP contribution is -2.40. The van der Waals surface area contributed by atoms with Crippen molar-refractivity contribution < 1.29 is 27.4 Å². The van der Waals surface area contributed by atoms with E-state index in [0.29, 0.717) is 54.8 Å². The summed E-state index contributed by atoms with van der Waals surface area (Å²) in [4.78, 5) is 14.5. The molecule has 39 heavy (non-hydrogen) atoms. The first-order chi connectivity index (χ1) is 18.7. The van der Waals surface area contributed by atoms with Crippen molar-refractivity contribution in [3.05, 3.63) is 88.7 Å². The summed E-state index contributed by atoms with van der Waals surface area (Å²) in [5, 5.41) is 3.60. The highest BCUT2D eigenvalue weighted by Crippen LogP contribution is 2.33. The van der Waals surface area contributed by atoms with Crippen LogP contribution in [0.4, 0.5) is 13.2 Å². The summed E-state index contributed by atoms with van der Waals surface area (Å²) in [5.74, 6) is 0.331. The van der Waals surface area contributed by atoms with Crippen molar-refractivity contribution in [3.63, 3.8) is 0 Å². The number of rotatable bonds is 6. The van der Waals surface area contributed by atoms with Crippen molar-refractivity contribution in [1.82, 2.24) is 14.7 Å². The number of aromatic nitrogens is 2. The Morgan fingerprint density at radius 3 is 2.46 bits per heavy atom. The van der Waals surface area contributed by atoms with Gasteiger partial charge in [-0.2, -0.15) is 18.3 Å². The first kappa shape index (κ1) is 27.3. The van der Waals surface area contributed by atoms with E-state index in [0.717, 1.165) is 17.2 Å². The lowest BCUT2D eigenvalue weighted by Gasteiger charge is -2.27. The van der Waals surface area contributed by atoms with E-state index in [1.807, 2.05) is 24.3 Å². The molecule has 1 saturated heterocycles.